The number of allylic oxidation sites excluding steroid dienone is 7. The minimum absolute atomic E-state index is 0.0267. The molecule has 1 aliphatic heterocycles. The lowest BCUT2D eigenvalue weighted by Crippen LogP contribution is -2.01. The maximum atomic E-state index is 10.8. The van der Waals surface area contributed by atoms with Crippen molar-refractivity contribution in [1.29, 1.82) is 0 Å². The van der Waals surface area contributed by atoms with Crippen LogP contribution in [-0.4, -0.2) is 12.1 Å². The summed E-state index contributed by atoms with van der Waals surface area (Å²) < 4.78 is 5.03. The zero-order valence-electron chi connectivity index (χ0n) is 9.63. The Labute approximate surface area is 97.0 Å². The van der Waals surface area contributed by atoms with Crippen molar-refractivity contribution in [2.75, 3.05) is 0 Å². The summed E-state index contributed by atoms with van der Waals surface area (Å²) >= 11 is 0. The SMILES string of the molecule is CC/C=C/C=C/C=C/C=C/[C@@H]1CCC(=O)O1. The van der Waals surface area contributed by atoms with Crippen LogP contribution in [0, 0.1) is 0 Å². The van der Waals surface area contributed by atoms with Crippen molar-refractivity contribution in [3.8, 4) is 0 Å². The van der Waals surface area contributed by atoms with E-state index in [1.54, 1.807) is 0 Å². The summed E-state index contributed by atoms with van der Waals surface area (Å²) in [4.78, 5) is 10.8. The first-order valence-corrected chi connectivity index (χ1v) is 5.69. The summed E-state index contributed by atoms with van der Waals surface area (Å²) in [5, 5.41) is 0. The van der Waals surface area contributed by atoms with E-state index in [-0.39, 0.29) is 12.1 Å². The van der Waals surface area contributed by atoms with Crippen LogP contribution in [0.2, 0.25) is 0 Å². The summed E-state index contributed by atoms with van der Waals surface area (Å²) in [6, 6.07) is 0. The summed E-state index contributed by atoms with van der Waals surface area (Å²) in [5.41, 5.74) is 0. The molecule has 0 aromatic rings. The van der Waals surface area contributed by atoms with E-state index >= 15 is 0 Å². The molecular weight excluding hydrogens is 200 g/mol. The van der Waals surface area contributed by atoms with Gasteiger partial charge in [-0.05, 0) is 18.9 Å². The molecule has 1 heterocycles. The van der Waals surface area contributed by atoms with Crippen LogP contribution in [0.15, 0.2) is 48.6 Å². The zero-order valence-corrected chi connectivity index (χ0v) is 9.63. The van der Waals surface area contributed by atoms with E-state index < -0.39 is 0 Å². The van der Waals surface area contributed by atoms with Gasteiger partial charge in [-0.3, -0.25) is 4.79 Å². The normalized spacial score (nSPS) is 22.1. The minimum Gasteiger partial charge on any atom is -0.458 e. The smallest absolute Gasteiger partial charge is 0.306 e. The first-order chi connectivity index (χ1) is 7.83. The molecule has 0 unspecified atom stereocenters. The quantitative estimate of drug-likeness (QED) is 0.522. The van der Waals surface area contributed by atoms with Gasteiger partial charge in [0.2, 0.25) is 0 Å². The molecule has 0 N–H and O–H groups in total. The lowest BCUT2D eigenvalue weighted by molar-refractivity contribution is -0.139. The molecule has 1 rings (SSSR count). The van der Waals surface area contributed by atoms with E-state index in [0.717, 1.165) is 12.8 Å². The average Bonchev–Trinajstić information content (AvgIpc) is 2.68. The van der Waals surface area contributed by atoms with Gasteiger partial charge >= 0.3 is 5.97 Å². The van der Waals surface area contributed by atoms with Gasteiger partial charge < -0.3 is 4.74 Å². The van der Waals surface area contributed by atoms with Crippen LogP contribution in [0.5, 0.6) is 0 Å². The number of hydrogen-bond acceptors (Lipinski definition) is 2. The van der Waals surface area contributed by atoms with Crippen molar-refractivity contribution in [3.63, 3.8) is 0 Å². The highest BCUT2D eigenvalue weighted by Crippen LogP contribution is 2.14. The molecule has 1 atom stereocenters. The molecule has 2 nitrogen and oxygen atoms in total. The molecule has 1 saturated heterocycles. The van der Waals surface area contributed by atoms with Crippen LogP contribution in [0.25, 0.3) is 0 Å². The second kappa shape index (κ2) is 7.69. The Hall–Kier alpha value is -1.57. The number of cyclic esters (lactones) is 1. The van der Waals surface area contributed by atoms with Gasteiger partial charge in [-0.2, -0.15) is 0 Å². The fourth-order valence-corrected chi connectivity index (χ4v) is 1.34. The first-order valence-electron chi connectivity index (χ1n) is 5.69. The predicted octanol–water partition coefficient (Wildman–Crippen LogP) is 3.33. The molecule has 0 bridgehead atoms. The summed E-state index contributed by atoms with van der Waals surface area (Å²) in [5.74, 6) is -0.0942. The highest BCUT2D eigenvalue weighted by Gasteiger charge is 2.19. The van der Waals surface area contributed by atoms with Crippen LogP contribution >= 0.6 is 0 Å². The van der Waals surface area contributed by atoms with E-state index in [0.29, 0.717) is 6.42 Å². The Morgan fingerprint density at radius 3 is 2.50 bits per heavy atom. The maximum absolute atomic E-state index is 10.8. The molecule has 1 aliphatic rings. The van der Waals surface area contributed by atoms with Gasteiger partial charge in [-0.1, -0.05) is 49.5 Å². The third-order valence-corrected chi connectivity index (χ3v) is 2.17. The first kappa shape index (κ1) is 12.5. The average molecular weight is 218 g/mol. The lowest BCUT2D eigenvalue weighted by Gasteiger charge is -1.99. The van der Waals surface area contributed by atoms with Gasteiger partial charge in [0.05, 0.1) is 0 Å². The van der Waals surface area contributed by atoms with Crippen LogP contribution in [0.1, 0.15) is 26.2 Å². The van der Waals surface area contributed by atoms with Gasteiger partial charge in [0.25, 0.3) is 0 Å². The summed E-state index contributed by atoms with van der Waals surface area (Å²) in [6.07, 6.45) is 18.2. The summed E-state index contributed by atoms with van der Waals surface area (Å²) in [7, 11) is 0. The number of rotatable bonds is 5. The lowest BCUT2D eigenvalue weighted by atomic mass is 10.2. The molecule has 0 aromatic heterocycles. The zero-order chi connectivity index (χ0) is 11.6. The molecule has 0 radical (unpaired) electrons. The van der Waals surface area contributed by atoms with Crippen molar-refractivity contribution >= 4 is 5.97 Å². The Kier molecular flexibility index (Phi) is 6.00. The molecular formula is C14H18O2. The third-order valence-electron chi connectivity index (χ3n) is 2.17. The second-order valence-electron chi connectivity index (χ2n) is 3.56. The van der Waals surface area contributed by atoms with Crippen molar-refractivity contribution in [3.05, 3.63) is 48.6 Å². The van der Waals surface area contributed by atoms with Gasteiger partial charge in [0.15, 0.2) is 0 Å². The number of esters is 1. The molecule has 2 heteroatoms. The topological polar surface area (TPSA) is 26.3 Å². The molecule has 1 fully saturated rings. The fraction of sp³-hybridized carbons (Fsp3) is 0.357. The highest BCUT2D eigenvalue weighted by molar-refractivity contribution is 5.71. The van der Waals surface area contributed by atoms with Crippen LogP contribution in [0.3, 0.4) is 0 Å². The van der Waals surface area contributed by atoms with Gasteiger partial charge in [-0.25, -0.2) is 0 Å². The molecule has 0 aliphatic carbocycles. The van der Waals surface area contributed by atoms with Gasteiger partial charge in [0.1, 0.15) is 6.10 Å². The molecule has 0 aromatic carbocycles. The van der Waals surface area contributed by atoms with Crippen LogP contribution < -0.4 is 0 Å². The van der Waals surface area contributed by atoms with Crippen LogP contribution in [0.4, 0.5) is 0 Å². The molecule has 0 saturated carbocycles. The van der Waals surface area contributed by atoms with Crippen molar-refractivity contribution in [2.45, 2.75) is 32.3 Å². The van der Waals surface area contributed by atoms with E-state index in [4.69, 9.17) is 4.74 Å². The number of hydrogen-bond donors (Lipinski definition) is 0. The highest BCUT2D eigenvalue weighted by atomic mass is 16.5. The van der Waals surface area contributed by atoms with E-state index in [2.05, 4.69) is 13.0 Å². The van der Waals surface area contributed by atoms with E-state index in [9.17, 15) is 4.79 Å². The number of carbonyl (C=O) groups excluding carboxylic acids is 1. The summed E-state index contributed by atoms with van der Waals surface area (Å²) in [6.45, 7) is 2.10. The molecule has 0 spiro atoms. The monoisotopic (exact) mass is 218 g/mol. The molecule has 86 valence electrons. The fourth-order valence-electron chi connectivity index (χ4n) is 1.34. The van der Waals surface area contributed by atoms with Crippen molar-refractivity contribution in [1.82, 2.24) is 0 Å². The number of ether oxygens (including phenoxy) is 1. The Morgan fingerprint density at radius 1 is 1.19 bits per heavy atom. The van der Waals surface area contributed by atoms with Gasteiger partial charge in [-0.15, -0.1) is 0 Å². The molecule has 16 heavy (non-hydrogen) atoms. The van der Waals surface area contributed by atoms with Crippen molar-refractivity contribution < 1.29 is 9.53 Å². The molecule has 0 amide bonds. The van der Waals surface area contributed by atoms with Crippen LogP contribution in [-0.2, 0) is 9.53 Å². The Morgan fingerprint density at radius 2 is 1.88 bits per heavy atom. The van der Waals surface area contributed by atoms with E-state index in [1.807, 2.05) is 42.5 Å². The Balaban J connectivity index is 2.20. The number of carbonyl (C=O) groups is 1. The predicted molar refractivity (Wildman–Crippen MR) is 66.0 cm³/mol. The van der Waals surface area contributed by atoms with Gasteiger partial charge in [0, 0.05) is 6.42 Å². The van der Waals surface area contributed by atoms with E-state index in [1.165, 1.54) is 0 Å². The largest absolute Gasteiger partial charge is 0.458 e. The standard InChI is InChI=1S/C14H18O2/c1-2-3-4-5-6-7-8-9-10-13-11-12-14(15)16-13/h3-10,13H,2,11-12H2,1H3/b4-3+,6-5+,8-7+,10-9+/t13-/m1/s1. The maximum Gasteiger partial charge on any atom is 0.306 e. The third kappa shape index (κ3) is 5.35. The van der Waals surface area contributed by atoms with Crippen molar-refractivity contribution in [2.24, 2.45) is 0 Å². The Bertz CT molecular complexity index is 322. The minimum atomic E-state index is -0.0942. The second-order valence-corrected chi connectivity index (χ2v) is 3.56.